The Balaban J connectivity index is 0.00000243. The van der Waals surface area contributed by atoms with E-state index in [1.54, 1.807) is 19.4 Å². The number of guanidine groups is 1. The second kappa shape index (κ2) is 9.91. The minimum Gasteiger partial charge on any atom is -0.352 e. The maximum Gasteiger partial charge on any atom is 0.225 e. The number of aliphatic imine (C=N–C) groups is 1. The molecule has 0 amide bonds. The van der Waals surface area contributed by atoms with Crippen LogP contribution in [0.15, 0.2) is 47.7 Å². The van der Waals surface area contributed by atoms with Gasteiger partial charge in [0.05, 0.1) is 11.6 Å². The highest BCUT2D eigenvalue weighted by Gasteiger charge is 2.20. The molecule has 1 aromatic heterocycles. The molecule has 7 nitrogen and oxygen atoms in total. The average molecular weight is 463 g/mol. The lowest BCUT2D eigenvalue weighted by molar-refractivity contribution is 0.370. The van der Waals surface area contributed by atoms with E-state index in [2.05, 4.69) is 36.1 Å². The summed E-state index contributed by atoms with van der Waals surface area (Å²) in [5.41, 5.74) is 1.80. The molecule has 2 aromatic rings. The number of hydrogen-bond acceptors (Lipinski definition) is 5. The van der Waals surface area contributed by atoms with Crippen LogP contribution in [0.3, 0.4) is 0 Å². The molecule has 1 aliphatic heterocycles. The first-order chi connectivity index (χ1) is 12.3. The van der Waals surface area contributed by atoms with E-state index in [1.165, 1.54) is 0 Å². The lowest BCUT2D eigenvalue weighted by Crippen LogP contribution is -2.52. The Kier molecular flexibility index (Phi) is 7.59. The number of benzene rings is 1. The number of nitrogens with zero attached hydrogens (tertiary/aromatic N) is 6. The zero-order valence-electron chi connectivity index (χ0n) is 14.7. The van der Waals surface area contributed by atoms with Crippen molar-refractivity contribution in [1.82, 2.24) is 20.2 Å². The first kappa shape index (κ1) is 19.9. The molecule has 1 N–H and O–H groups in total. The SMILES string of the molecule is CN=C(NCc1ccc(C#N)cc1)N1CCN(c2ncccn2)CC1.I. The van der Waals surface area contributed by atoms with Gasteiger partial charge in [0, 0.05) is 52.2 Å². The van der Waals surface area contributed by atoms with Crippen LogP contribution < -0.4 is 10.2 Å². The molecule has 1 fully saturated rings. The summed E-state index contributed by atoms with van der Waals surface area (Å²) in [4.78, 5) is 17.4. The second-order valence-corrected chi connectivity index (χ2v) is 5.73. The topological polar surface area (TPSA) is 80.4 Å². The van der Waals surface area contributed by atoms with Gasteiger partial charge in [-0.25, -0.2) is 9.97 Å². The van der Waals surface area contributed by atoms with Crippen LogP contribution in [0.5, 0.6) is 0 Å². The van der Waals surface area contributed by atoms with Crippen molar-refractivity contribution >= 4 is 35.9 Å². The van der Waals surface area contributed by atoms with Crippen LogP contribution in [0.2, 0.25) is 0 Å². The number of hydrogen-bond donors (Lipinski definition) is 1. The summed E-state index contributed by atoms with van der Waals surface area (Å²) in [6, 6.07) is 11.5. The van der Waals surface area contributed by atoms with Crippen LogP contribution in [-0.4, -0.2) is 54.1 Å². The lowest BCUT2D eigenvalue weighted by atomic mass is 10.1. The summed E-state index contributed by atoms with van der Waals surface area (Å²) < 4.78 is 0. The Hall–Kier alpha value is -2.41. The van der Waals surface area contributed by atoms with Crippen molar-refractivity contribution in [2.24, 2.45) is 4.99 Å². The Morgan fingerprint density at radius 3 is 2.38 bits per heavy atom. The maximum absolute atomic E-state index is 8.85. The smallest absolute Gasteiger partial charge is 0.225 e. The fourth-order valence-corrected chi connectivity index (χ4v) is 2.78. The van der Waals surface area contributed by atoms with Crippen LogP contribution in [0.25, 0.3) is 0 Å². The number of rotatable bonds is 3. The van der Waals surface area contributed by atoms with E-state index >= 15 is 0 Å². The Labute approximate surface area is 170 Å². The van der Waals surface area contributed by atoms with Gasteiger partial charge < -0.3 is 15.1 Å². The van der Waals surface area contributed by atoms with Gasteiger partial charge in [0.15, 0.2) is 5.96 Å². The zero-order valence-corrected chi connectivity index (χ0v) is 17.0. The van der Waals surface area contributed by atoms with Crippen molar-refractivity contribution in [3.05, 3.63) is 53.9 Å². The number of anilines is 1. The molecule has 1 saturated heterocycles. The van der Waals surface area contributed by atoms with E-state index in [-0.39, 0.29) is 24.0 Å². The van der Waals surface area contributed by atoms with Crippen LogP contribution in [0.1, 0.15) is 11.1 Å². The molecule has 3 rings (SSSR count). The van der Waals surface area contributed by atoms with E-state index in [9.17, 15) is 0 Å². The molecule has 0 saturated carbocycles. The van der Waals surface area contributed by atoms with Gasteiger partial charge in [-0.3, -0.25) is 4.99 Å². The minimum atomic E-state index is 0. The van der Waals surface area contributed by atoms with E-state index in [4.69, 9.17) is 5.26 Å². The standard InChI is InChI=1S/C18H21N7.HI/c1-20-17(23-14-16-5-3-15(13-19)4-6-16)24-9-11-25(12-10-24)18-21-7-2-8-22-18;/h2-8H,9-12,14H2,1H3,(H,20,23);1H. The molecule has 0 atom stereocenters. The molecule has 0 spiro atoms. The summed E-state index contributed by atoms with van der Waals surface area (Å²) in [5.74, 6) is 1.67. The molecule has 2 heterocycles. The molecule has 1 aromatic carbocycles. The molecule has 136 valence electrons. The van der Waals surface area contributed by atoms with Crippen molar-refractivity contribution in [2.45, 2.75) is 6.54 Å². The highest BCUT2D eigenvalue weighted by Crippen LogP contribution is 2.10. The fraction of sp³-hybridized carbons (Fsp3) is 0.333. The molecule has 26 heavy (non-hydrogen) atoms. The zero-order chi connectivity index (χ0) is 17.5. The number of piperazine rings is 1. The van der Waals surface area contributed by atoms with Crippen molar-refractivity contribution in [2.75, 3.05) is 38.1 Å². The Bertz CT molecular complexity index is 747. The van der Waals surface area contributed by atoms with Crippen LogP contribution in [-0.2, 0) is 6.54 Å². The normalized spacial score (nSPS) is 14.4. The van der Waals surface area contributed by atoms with Crippen molar-refractivity contribution in [3.63, 3.8) is 0 Å². The van der Waals surface area contributed by atoms with E-state index in [0.717, 1.165) is 43.7 Å². The monoisotopic (exact) mass is 463 g/mol. The second-order valence-electron chi connectivity index (χ2n) is 5.73. The number of aromatic nitrogens is 2. The van der Waals surface area contributed by atoms with Gasteiger partial charge >= 0.3 is 0 Å². The van der Waals surface area contributed by atoms with Crippen molar-refractivity contribution < 1.29 is 0 Å². The van der Waals surface area contributed by atoms with Gasteiger partial charge in [-0.2, -0.15) is 5.26 Å². The fourth-order valence-electron chi connectivity index (χ4n) is 2.78. The summed E-state index contributed by atoms with van der Waals surface area (Å²) >= 11 is 0. The van der Waals surface area contributed by atoms with Crippen molar-refractivity contribution in [1.29, 1.82) is 5.26 Å². The number of nitrogens with one attached hydrogen (secondary N) is 1. The number of halogens is 1. The summed E-state index contributed by atoms with van der Waals surface area (Å²) in [6.07, 6.45) is 3.54. The molecule has 1 aliphatic rings. The summed E-state index contributed by atoms with van der Waals surface area (Å²) in [6.45, 7) is 4.14. The van der Waals surface area contributed by atoms with Crippen LogP contribution in [0, 0.1) is 11.3 Å². The third-order valence-electron chi connectivity index (χ3n) is 4.16. The van der Waals surface area contributed by atoms with Gasteiger partial charge in [-0.1, -0.05) is 12.1 Å². The molecular weight excluding hydrogens is 441 g/mol. The highest BCUT2D eigenvalue weighted by molar-refractivity contribution is 14.0. The first-order valence-electron chi connectivity index (χ1n) is 8.27. The van der Waals surface area contributed by atoms with E-state index in [1.807, 2.05) is 30.3 Å². The van der Waals surface area contributed by atoms with Gasteiger partial charge in [-0.15, -0.1) is 24.0 Å². The molecule has 0 aliphatic carbocycles. The van der Waals surface area contributed by atoms with Gasteiger partial charge in [0.25, 0.3) is 0 Å². The third kappa shape index (κ3) is 5.05. The minimum absolute atomic E-state index is 0. The van der Waals surface area contributed by atoms with Gasteiger partial charge in [0.2, 0.25) is 5.95 Å². The van der Waals surface area contributed by atoms with E-state index in [0.29, 0.717) is 12.1 Å². The summed E-state index contributed by atoms with van der Waals surface area (Å²) in [7, 11) is 1.80. The molecule has 8 heteroatoms. The van der Waals surface area contributed by atoms with Gasteiger partial charge in [-0.05, 0) is 23.8 Å². The highest BCUT2D eigenvalue weighted by atomic mass is 127. The molecule has 0 bridgehead atoms. The average Bonchev–Trinajstić information content (AvgIpc) is 2.70. The predicted molar refractivity (Wildman–Crippen MR) is 113 cm³/mol. The Morgan fingerprint density at radius 1 is 1.15 bits per heavy atom. The van der Waals surface area contributed by atoms with Crippen LogP contribution >= 0.6 is 24.0 Å². The maximum atomic E-state index is 8.85. The first-order valence-corrected chi connectivity index (χ1v) is 8.27. The van der Waals surface area contributed by atoms with Gasteiger partial charge in [0.1, 0.15) is 0 Å². The van der Waals surface area contributed by atoms with Crippen LogP contribution in [0.4, 0.5) is 5.95 Å². The largest absolute Gasteiger partial charge is 0.352 e. The quantitative estimate of drug-likeness (QED) is 0.426. The van der Waals surface area contributed by atoms with E-state index < -0.39 is 0 Å². The third-order valence-corrected chi connectivity index (χ3v) is 4.16. The molecule has 0 radical (unpaired) electrons. The summed E-state index contributed by atoms with van der Waals surface area (Å²) in [5, 5.41) is 12.2. The lowest BCUT2D eigenvalue weighted by Gasteiger charge is -2.36. The predicted octanol–water partition coefficient (Wildman–Crippen LogP) is 1.86. The molecular formula is C18H22IN7. The van der Waals surface area contributed by atoms with Crippen molar-refractivity contribution in [3.8, 4) is 6.07 Å². The Morgan fingerprint density at radius 2 is 1.81 bits per heavy atom. The molecule has 0 unspecified atom stereocenters. The number of nitriles is 1.